The number of amides is 1. The van der Waals surface area contributed by atoms with Gasteiger partial charge in [-0.05, 0) is 30.2 Å². The summed E-state index contributed by atoms with van der Waals surface area (Å²) in [5.74, 6) is 1.16. The molecule has 150 valence electrons. The normalized spacial score (nSPS) is 11.4. The molecule has 1 N–H and O–H groups in total. The highest BCUT2D eigenvalue weighted by Crippen LogP contribution is 2.36. The number of hydrogen-bond acceptors (Lipinski definition) is 4. The summed E-state index contributed by atoms with van der Waals surface area (Å²) >= 11 is 6.10. The van der Waals surface area contributed by atoms with E-state index < -0.39 is 6.10 Å². The van der Waals surface area contributed by atoms with Gasteiger partial charge in [-0.25, -0.2) is 0 Å². The lowest BCUT2D eigenvalue weighted by Crippen LogP contribution is -2.30. The lowest BCUT2D eigenvalue weighted by molar-refractivity contribution is -0.122. The Balaban J connectivity index is 1.68. The molecule has 1 amide bonds. The monoisotopic (exact) mass is 411 g/mol. The second kappa shape index (κ2) is 9.34. The number of ether oxygens (including phenoxy) is 3. The summed E-state index contributed by atoms with van der Waals surface area (Å²) in [7, 11) is 3.01. The molecule has 0 radical (unpaired) electrons. The van der Waals surface area contributed by atoms with Gasteiger partial charge in [0.2, 0.25) is 0 Å². The first-order valence-corrected chi connectivity index (χ1v) is 9.44. The lowest BCUT2D eigenvalue weighted by atomic mass is 10.1. The molecule has 0 bridgehead atoms. The molecular weight excluding hydrogens is 390 g/mol. The van der Waals surface area contributed by atoms with Crippen LogP contribution in [0.5, 0.6) is 17.2 Å². The Morgan fingerprint density at radius 2 is 1.52 bits per heavy atom. The van der Waals surface area contributed by atoms with Gasteiger partial charge in [0.05, 0.1) is 24.9 Å². The second-order valence-corrected chi connectivity index (χ2v) is 6.73. The van der Waals surface area contributed by atoms with E-state index in [1.165, 1.54) is 14.2 Å². The largest absolute Gasteiger partial charge is 0.495 e. The van der Waals surface area contributed by atoms with E-state index in [0.29, 0.717) is 28.0 Å². The summed E-state index contributed by atoms with van der Waals surface area (Å²) in [6.45, 7) is 1.68. The topological polar surface area (TPSA) is 56.8 Å². The van der Waals surface area contributed by atoms with E-state index in [-0.39, 0.29) is 5.91 Å². The third-order valence-electron chi connectivity index (χ3n) is 4.38. The number of hydrogen-bond donors (Lipinski definition) is 1. The standard InChI is InChI=1S/C23H22ClNO4/c1-15(23(26)25-20-14-21(27-2)19(24)13-22(20)28-3)29-18-11-9-17(10-12-18)16-7-5-4-6-8-16/h4-15H,1-3H3,(H,25,26). The van der Waals surface area contributed by atoms with Crippen LogP contribution in [0.15, 0.2) is 66.7 Å². The highest BCUT2D eigenvalue weighted by molar-refractivity contribution is 6.32. The lowest BCUT2D eigenvalue weighted by Gasteiger charge is -2.17. The third kappa shape index (κ3) is 5.00. The predicted molar refractivity (Wildman–Crippen MR) is 115 cm³/mol. The molecule has 1 unspecified atom stereocenters. The number of rotatable bonds is 7. The fraction of sp³-hybridized carbons (Fsp3) is 0.174. The highest BCUT2D eigenvalue weighted by Gasteiger charge is 2.18. The minimum Gasteiger partial charge on any atom is -0.495 e. The quantitative estimate of drug-likeness (QED) is 0.563. The molecule has 0 fully saturated rings. The minimum atomic E-state index is -0.719. The van der Waals surface area contributed by atoms with Crippen LogP contribution in [0.25, 0.3) is 11.1 Å². The number of anilines is 1. The van der Waals surface area contributed by atoms with Crippen LogP contribution in [0, 0.1) is 0 Å². The fourth-order valence-corrected chi connectivity index (χ4v) is 3.04. The zero-order valence-corrected chi connectivity index (χ0v) is 17.2. The van der Waals surface area contributed by atoms with Crippen molar-refractivity contribution in [3.8, 4) is 28.4 Å². The van der Waals surface area contributed by atoms with Crippen LogP contribution in [-0.4, -0.2) is 26.2 Å². The average Bonchev–Trinajstić information content (AvgIpc) is 2.75. The molecule has 0 aliphatic heterocycles. The van der Waals surface area contributed by atoms with Crippen molar-refractivity contribution >= 4 is 23.2 Å². The summed E-state index contributed by atoms with van der Waals surface area (Å²) in [6, 6.07) is 20.9. The fourth-order valence-electron chi connectivity index (χ4n) is 2.81. The van der Waals surface area contributed by atoms with Gasteiger partial charge < -0.3 is 19.5 Å². The molecule has 5 nitrogen and oxygen atoms in total. The van der Waals surface area contributed by atoms with Crippen molar-refractivity contribution in [1.82, 2.24) is 0 Å². The summed E-state index contributed by atoms with van der Waals surface area (Å²) in [6.07, 6.45) is -0.719. The van der Waals surface area contributed by atoms with Crippen LogP contribution in [0.2, 0.25) is 5.02 Å². The van der Waals surface area contributed by atoms with Crippen molar-refractivity contribution in [2.24, 2.45) is 0 Å². The van der Waals surface area contributed by atoms with Crippen molar-refractivity contribution in [3.63, 3.8) is 0 Å². The number of halogens is 1. The first-order valence-electron chi connectivity index (χ1n) is 9.06. The van der Waals surface area contributed by atoms with Crippen LogP contribution in [0.3, 0.4) is 0 Å². The molecule has 3 aromatic rings. The van der Waals surface area contributed by atoms with E-state index >= 15 is 0 Å². The maximum absolute atomic E-state index is 12.6. The zero-order valence-electron chi connectivity index (χ0n) is 16.4. The van der Waals surface area contributed by atoms with Gasteiger partial charge in [-0.1, -0.05) is 54.1 Å². The Kier molecular flexibility index (Phi) is 6.62. The molecule has 29 heavy (non-hydrogen) atoms. The van der Waals surface area contributed by atoms with Crippen LogP contribution in [0.1, 0.15) is 6.92 Å². The molecule has 0 saturated heterocycles. The predicted octanol–water partition coefficient (Wildman–Crippen LogP) is 5.43. The summed E-state index contributed by atoms with van der Waals surface area (Å²) in [5, 5.41) is 3.19. The Labute approximate surface area is 175 Å². The van der Waals surface area contributed by atoms with E-state index in [9.17, 15) is 4.79 Å². The molecule has 0 aromatic heterocycles. The van der Waals surface area contributed by atoms with Gasteiger partial charge in [0.25, 0.3) is 5.91 Å². The highest BCUT2D eigenvalue weighted by atomic mass is 35.5. The molecule has 6 heteroatoms. The van der Waals surface area contributed by atoms with E-state index in [2.05, 4.69) is 5.32 Å². The van der Waals surface area contributed by atoms with Crippen molar-refractivity contribution < 1.29 is 19.0 Å². The third-order valence-corrected chi connectivity index (χ3v) is 4.67. The molecule has 0 aliphatic carbocycles. The van der Waals surface area contributed by atoms with E-state index in [0.717, 1.165) is 11.1 Å². The maximum atomic E-state index is 12.6. The SMILES string of the molecule is COc1cc(NC(=O)C(C)Oc2ccc(-c3ccccc3)cc2)c(OC)cc1Cl. The molecule has 0 heterocycles. The summed E-state index contributed by atoms with van der Waals surface area (Å²) in [4.78, 5) is 12.6. The van der Waals surface area contributed by atoms with Crippen molar-refractivity contribution in [1.29, 1.82) is 0 Å². The molecule has 3 rings (SSSR count). The van der Waals surface area contributed by atoms with Crippen LogP contribution in [0.4, 0.5) is 5.69 Å². The number of benzene rings is 3. The van der Waals surface area contributed by atoms with Crippen molar-refractivity contribution in [2.45, 2.75) is 13.0 Å². The Morgan fingerprint density at radius 1 is 0.897 bits per heavy atom. The Morgan fingerprint density at radius 3 is 2.14 bits per heavy atom. The van der Waals surface area contributed by atoms with E-state index in [1.807, 2.05) is 54.6 Å². The first-order chi connectivity index (χ1) is 14.0. The van der Waals surface area contributed by atoms with Gasteiger partial charge in [0.15, 0.2) is 6.10 Å². The van der Waals surface area contributed by atoms with E-state index in [4.69, 9.17) is 25.8 Å². The molecule has 1 atom stereocenters. The average molecular weight is 412 g/mol. The minimum absolute atomic E-state index is 0.320. The van der Waals surface area contributed by atoms with E-state index in [1.54, 1.807) is 19.1 Å². The second-order valence-electron chi connectivity index (χ2n) is 6.33. The summed E-state index contributed by atoms with van der Waals surface area (Å²) < 4.78 is 16.3. The van der Waals surface area contributed by atoms with Crippen LogP contribution in [-0.2, 0) is 4.79 Å². The smallest absolute Gasteiger partial charge is 0.265 e. The number of nitrogens with one attached hydrogen (secondary N) is 1. The Bertz CT molecular complexity index is 974. The van der Waals surface area contributed by atoms with Crippen molar-refractivity contribution in [2.75, 3.05) is 19.5 Å². The number of carbonyl (C=O) groups excluding carboxylic acids is 1. The van der Waals surface area contributed by atoms with Crippen LogP contribution < -0.4 is 19.5 Å². The maximum Gasteiger partial charge on any atom is 0.265 e. The zero-order chi connectivity index (χ0) is 20.8. The molecule has 0 spiro atoms. The first kappa shape index (κ1) is 20.6. The van der Waals surface area contributed by atoms with Gasteiger partial charge in [0, 0.05) is 12.1 Å². The van der Waals surface area contributed by atoms with Crippen LogP contribution >= 0.6 is 11.6 Å². The van der Waals surface area contributed by atoms with Gasteiger partial charge in [0.1, 0.15) is 17.2 Å². The van der Waals surface area contributed by atoms with Gasteiger partial charge in [-0.3, -0.25) is 4.79 Å². The molecule has 0 saturated carbocycles. The molecular formula is C23H22ClNO4. The number of methoxy groups -OCH3 is 2. The Hall–Kier alpha value is -3.18. The van der Waals surface area contributed by atoms with Gasteiger partial charge in [-0.2, -0.15) is 0 Å². The van der Waals surface area contributed by atoms with Gasteiger partial charge in [-0.15, -0.1) is 0 Å². The van der Waals surface area contributed by atoms with Gasteiger partial charge >= 0.3 is 0 Å². The number of carbonyl (C=O) groups is 1. The molecule has 0 aliphatic rings. The molecule has 3 aromatic carbocycles. The van der Waals surface area contributed by atoms with Crippen molar-refractivity contribution in [3.05, 3.63) is 71.8 Å². The summed E-state index contributed by atoms with van der Waals surface area (Å²) in [5.41, 5.74) is 2.65.